The number of imidazole rings is 1. The predicted molar refractivity (Wildman–Crippen MR) is 92.8 cm³/mol. The Morgan fingerprint density at radius 1 is 1.38 bits per heavy atom. The van der Waals surface area contributed by atoms with Crippen LogP contribution >= 0.6 is 0 Å². The third-order valence-corrected chi connectivity index (χ3v) is 4.69. The minimum absolute atomic E-state index is 0.00530. The minimum atomic E-state index is -0.566. The Kier molecular flexibility index (Phi) is 4.68. The molecule has 124 valence electrons. The number of benzene rings is 1. The molecule has 2 aromatic rings. The number of carbonyl (C=O) groups is 1. The number of rotatable bonds is 5. The predicted octanol–water partition coefficient (Wildman–Crippen LogP) is 4.30. The first-order valence-corrected chi connectivity index (χ1v) is 8.32. The molecule has 0 N–H and O–H groups in total. The number of hydrogen-bond acceptors (Lipinski definition) is 3. The average Bonchev–Trinajstić information content (AvgIpc) is 3.25. The summed E-state index contributed by atoms with van der Waals surface area (Å²) in [5.74, 6) is -0.344. The number of ether oxygens (including phenoxy) is 1. The molecular weight excluding hydrogens is 300 g/mol. The van der Waals surface area contributed by atoms with Crippen LogP contribution in [0.25, 0.3) is 0 Å². The molecule has 4 nitrogen and oxygen atoms in total. The first kappa shape index (κ1) is 16.3. The van der Waals surface area contributed by atoms with Gasteiger partial charge in [0.15, 0.2) is 0 Å². The van der Waals surface area contributed by atoms with Gasteiger partial charge in [-0.15, -0.1) is 5.73 Å². The second-order valence-corrected chi connectivity index (χ2v) is 6.28. The number of aromatic nitrogens is 2. The first-order chi connectivity index (χ1) is 11.7. The van der Waals surface area contributed by atoms with Crippen LogP contribution < -0.4 is 0 Å². The van der Waals surface area contributed by atoms with Gasteiger partial charge in [0, 0.05) is 6.08 Å². The molecule has 3 rings (SSSR count). The van der Waals surface area contributed by atoms with Crippen molar-refractivity contribution < 1.29 is 9.53 Å². The maximum Gasteiger partial charge on any atom is 0.357 e. The van der Waals surface area contributed by atoms with Crippen molar-refractivity contribution in [1.29, 1.82) is 0 Å². The van der Waals surface area contributed by atoms with Crippen LogP contribution in [0.4, 0.5) is 0 Å². The fourth-order valence-corrected chi connectivity index (χ4v) is 3.34. The van der Waals surface area contributed by atoms with Crippen LogP contribution in [-0.2, 0) is 4.74 Å². The second-order valence-electron chi connectivity index (χ2n) is 6.28. The Labute approximate surface area is 142 Å². The summed E-state index contributed by atoms with van der Waals surface area (Å²) >= 11 is 0. The molecule has 1 aromatic heterocycles. The van der Waals surface area contributed by atoms with Gasteiger partial charge in [-0.1, -0.05) is 36.9 Å². The molecule has 1 heterocycles. The molecule has 0 amide bonds. The van der Waals surface area contributed by atoms with Crippen LogP contribution in [0.2, 0.25) is 0 Å². The van der Waals surface area contributed by atoms with E-state index in [-0.39, 0.29) is 12.0 Å². The lowest BCUT2D eigenvalue weighted by molar-refractivity contribution is 0.00538. The summed E-state index contributed by atoms with van der Waals surface area (Å²) in [5, 5.41) is 0. The van der Waals surface area contributed by atoms with Crippen molar-refractivity contribution in [3.05, 3.63) is 72.5 Å². The van der Waals surface area contributed by atoms with E-state index < -0.39 is 5.60 Å². The molecule has 1 fully saturated rings. The van der Waals surface area contributed by atoms with Crippen molar-refractivity contribution in [3.8, 4) is 0 Å². The summed E-state index contributed by atoms with van der Waals surface area (Å²) in [7, 11) is 0. The molecule has 0 saturated heterocycles. The number of hydrogen-bond donors (Lipinski definition) is 0. The van der Waals surface area contributed by atoms with Crippen molar-refractivity contribution in [2.45, 2.75) is 44.2 Å². The highest BCUT2D eigenvalue weighted by molar-refractivity contribution is 5.88. The molecule has 0 aliphatic heterocycles. The van der Waals surface area contributed by atoms with E-state index >= 15 is 0 Å². The van der Waals surface area contributed by atoms with Gasteiger partial charge in [-0.3, -0.25) is 0 Å². The maximum absolute atomic E-state index is 12.7. The summed E-state index contributed by atoms with van der Waals surface area (Å²) in [4.78, 5) is 16.9. The number of nitrogens with zero attached hydrogens (tertiary/aromatic N) is 2. The lowest BCUT2D eigenvalue weighted by Gasteiger charge is -2.25. The smallest absolute Gasteiger partial charge is 0.357 e. The fraction of sp³-hybridized carbons (Fsp3) is 0.350. The van der Waals surface area contributed by atoms with E-state index in [0.717, 1.165) is 31.2 Å². The summed E-state index contributed by atoms with van der Waals surface area (Å²) in [6, 6.07) is 10.0. The zero-order valence-corrected chi connectivity index (χ0v) is 13.9. The van der Waals surface area contributed by atoms with Crippen molar-refractivity contribution in [1.82, 2.24) is 9.55 Å². The Morgan fingerprint density at radius 2 is 2.08 bits per heavy atom. The van der Waals surface area contributed by atoms with Crippen LogP contribution in [0.15, 0.2) is 61.2 Å². The Morgan fingerprint density at radius 3 is 2.75 bits per heavy atom. The van der Waals surface area contributed by atoms with E-state index in [9.17, 15) is 4.79 Å². The van der Waals surface area contributed by atoms with Gasteiger partial charge < -0.3 is 9.30 Å². The average molecular weight is 322 g/mol. The van der Waals surface area contributed by atoms with Crippen LogP contribution in [0.1, 0.15) is 54.7 Å². The maximum atomic E-state index is 12.7. The lowest BCUT2D eigenvalue weighted by atomic mass is 10.0. The fourth-order valence-electron chi connectivity index (χ4n) is 3.34. The van der Waals surface area contributed by atoms with Crippen LogP contribution in [0.5, 0.6) is 0 Å². The van der Waals surface area contributed by atoms with E-state index in [1.807, 2.05) is 41.8 Å². The summed E-state index contributed by atoms with van der Waals surface area (Å²) in [6.07, 6.45) is 8.78. The van der Waals surface area contributed by atoms with Gasteiger partial charge >= 0.3 is 5.97 Å². The quantitative estimate of drug-likeness (QED) is 0.609. The molecule has 1 saturated carbocycles. The first-order valence-electron chi connectivity index (χ1n) is 8.32. The van der Waals surface area contributed by atoms with Gasteiger partial charge in [-0.05, 0) is 38.2 Å². The van der Waals surface area contributed by atoms with Crippen LogP contribution in [0, 0.1) is 0 Å². The zero-order chi connectivity index (χ0) is 17.0. The van der Waals surface area contributed by atoms with Crippen LogP contribution in [-0.4, -0.2) is 21.1 Å². The summed E-state index contributed by atoms with van der Waals surface area (Å²) in [6.45, 7) is 5.68. The number of esters is 1. The molecule has 1 aliphatic rings. The third kappa shape index (κ3) is 3.19. The molecule has 24 heavy (non-hydrogen) atoms. The van der Waals surface area contributed by atoms with Crippen molar-refractivity contribution in [2.75, 3.05) is 0 Å². The summed E-state index contributed by atoms with van der Waals surface area (Å²) in [5.41, 5.74) is 3.81. The third-order valence-electron chi connectivity index (χ3n) is 4.69. The molecule has 4 heteroatoms. The van der Waals surface area contributed by atoms with Gasteiger partial charge in [0.25, 0.3) is 0 Å². The van der Waals surface area contributed by atoms with Gasteiger partial charge in [-0.2, -0.15) is 0 Å². The lowest BCUT2D eigenvalue weighted by Crippen LogP contribution is -2.30. The number of carbonyl (C=O) groups excluding carboxylic acids is 1. The van der Waals surface area contributed by atoms with Gasteiger partial charge in [0.1, 0.15) is 11.3 Å². The largest absolute Gasteiger partial charge is 0.449 e. The zero-order valence-electron chi connectivity index (χ0n) is 13.9. The SMILES string of the molecule is C=C=CC1(OC(=O)c2cncn2C(C)c2ccccc2)CCCC1. The highest BCUT2D eigenvalue weighted by atomic mass is 16.6. The normalized spacial score (nSPS) is 17.0. The topological polar surface area (TPSA) is 44.1 Å². The Bertz CT molecular complexity index is 751. The standard InChI is InChI=1S/C20H22N2O2/c1-3-11-20(12-7-8-13-20)24-19(23)18-14-21-15-22(18)16(2)17-9-5-4-6-10-17/h4-6,9-11,14-16H,1,7-8,12-13H2,2H3. The highest BCUT2D eigenvalue weighted by Crippen LogP contribution is 2.35. The van der Waals surface area contributed by atoms with E-state index in [2.05, 4.69) is 17.3 Å². The van der Waals surface area contributed by atoms with E-state index in [1.165, 1.54) is 0 Å². The van der Waals surface area contributed by atoms with Gasteiger partial charge in [0.2, 0.25) is 0 Å². The molecule has 1 unspecified atom stereocenters. The summed E-state index contributed by atoms with van der Waals surface area (Å²) < 4.78 is 7.71. The van der Waals surface area contributed by atoms with Gasteiger partial charge in [0.05, 0.1) is 18.6 Å². The van der Waals surface area contributed by atoms with E-state index in [0.29, 0.717) is 5.69 Å². The molecule has 0 radical (unpaired) electrons. The molecule has 1 aliphatic carbocycles. The highest BCUT2D eigenvalue weighted by Gasteiger charge is 2.36. The van der Waals surface area contributed by atoms with Crippen molar-refractivity contribution in [3.63, 3.8) is 0 Å². The minimum Gasteiger partial charge on any atom is -0.449 e. The molecule has 1 atom stereocenters. The van der Waals surface area contributed by atoms with E-state index in [4.69, 9.17) is 4.74 Å². The van der Waals surface area contributed by atoms with Crippen LogP contribution in [0.3, 0.4) is 0 Å². The van der Waals surface area contributed by atoms with Crippen molar-refractivity contribution >= 4 is 5.97 Å². The molecule has 1 aromatic carbocycles. The molecular formula is C20H22N2O2. The monoisotopic (exact) mass is 322 g/mol. The van der Waals surface area contributed by atoms with Gasteiger partial charge in [-0.25, -0.2) is 9.78 Å². The van der Waals surface area contributed by atoms with E-state index in [1.54, 1.807) is 18.6 Å². The van der Waals surface area contributed by atoms with Crippen molar-refractivity contribution in [2.24, 2.45) is 0 Å². The second kappa shape index (κ2) is 6.90. The molecule has 0 bridgehead atoms. The molecule has 0 spiro atoms. The Balaban J connectivity index is 1.84. The Hall–Kier alpha value is -2.58.